The van der Waals surface area contributed by atoms with Crippen molar-refractivity contribution < 1.29 is 9.59 Å². The summed E-state index contributed by atoms with van der Waals surface area (Å²) in [6.07, 6.45) is 0. The first-order valence-corrected chi connectivity index (χ1v) is 10.4. The van der Waals surface area contributed by atoms with Gasteiger partial charge in [0.1, 0.15) is 0 Å². The van der Waals surface area contributed by atoms with Crippen LogP contribution in [0.15, 0.2) is 65.8 Å². The molecule has 0 saturated heterocycles. The average molecular weight is 420 g/mol. The number of hydrogen-bond donors (Lipinski definition) is 2. The van der Waals surface area contributed by atoms with Crippen LogP contribution < -0.4 is 10.6 Å². The number of thioether (sulfide) groups is 1. The molecule has 0 saturated carbocycles. The molecular formula is C22H21N5O2S. The number of benzene rings is 2. The van der Waals surface area contributed by atoms with Gasteiger partial charge in [0, 0.05) is 11.9 Å². The standard InChI is InChI=1S/C22H21N5O2S/c1-14-12-19-25-26-22(27(19)18-11-7-6-10-17(14)18)30-15(2)20(28)24-21(29)23-13-16-8-4-3-5-9-16/h3-12,15H,13H2,1-2H3,(H2,23,24,28,29). The summed E-state index contributed by atoms with van der Waals surface area (Å²) in [6.45, 7) is 4.12. The molecule has 0 bridgehead atoms. The molecule has 2 aromatic heterocycles. The van der Waals surface area contributed by atoms with Crippen LogP contribution >= 0.6 is 11.8 Å². The number of amides is 3. The lowest BCUT2D eigenvalue weighted by molar-refractivity contribution is -0.119. The van der Waals surface area contributed by atoms with Crippen LogP contribution in [-0.4, -0.2) is 31.8 Å². The zero-order valence-corrected chi connectivity index (χ0v) is 17.4. The summed E-state index contributed by atoms with van der Waals surface area (Å²) in [6, 6.07) is 19.0. The van der Waals surface area contributed by atoms with Gasteiger partial charge in [0.2, 0.25) is 5.91 Å². The minimum Gasteiger partial charge on any atom is -0.334 e. The number of fused-ring (bicyclic) bond motifs is 3. The fourth-order valence-corrected chi connectivity index (χ4v) is 4.07. The second-order valence-corrected chi connectivity index (χ2v) is 8.25. The molecule has 0 aliphatic rings. The highest BCUT2D eigenvalue weighted by Crippen LogP contribution is 2.27. The van der Waals surface area contributed by atoms with Crippen molar-refractivity contribution in [2.24, 2.45) is 0 Å². The SMILES string of the molecule is Cc1cc2nnc(SC(C)C(=O)NC(=O)NCc3ccccc3)n2c2ccccc12. The third kappa shape index (κ3) is 4.13. The van der Waals surface area contributed by atoms with E-state index in [1.165, 1.54) is 11.8 Å². The van der Waals surface area contributed by atoms with Crippen molar-refractivity contribution in [1.82, 2.24) is 25.2 Å². The fourth-order valence-electron chi connectivity index (χ4n) is 3.20. The van der Waals surface area contributed by atoms with Crippen molar-refractivity contribution >= 4 is 40.3 Å². The molecule has 0 fully saturated rings. The van der Waals surface area contributed by atoms with Gasteiger partial charge in [-0.3, -0.25) is 14.5 Å². The molecule has 30 heavy (non-hydrogen) atoms. The number of carbonyl (C=O) groups excluding carboxylic acids is 2. The third-order valence-electron chi connectivity index (χ3n) is 4.76. The smallest absolute Gasteiger partial charge is 0.321 e. The molecular weight excluding hydrogens is 398 g/mol. The van der Waals surface area contributed by atoms with Gasteiger partial charge in [-0.1, -0.05) is 60.3 Å². The van der Waals surface area contributed by atoms with E-state index in [0.717, 1.165) is 27.7 Å². The molecule has 0 spiro atoms. The number of aromatic nitrogens is 3. The van der Waals surface area contributed by atoms with Gasteiger partial charge in [-0.25, -0.2) is 4.79 Å². The quantitative estimate of drug-likeness (QED) is 0.482. The normalized spacial score (nSPS) is 12.1. The Morgan fingerprint density at radius 3 is 2.60 bits per heavy atom. The van der Waals surface area contributed by atoms with Gasteiger partial charge >= 0.3 is 6.03 Å². The zero-order chi connectivity index (χ0) is 21.1. The lowest BCUT2D eigenvalue weighted by atomic mass is 10.1. The zero-order valence-electron chi connectivity index (χ0n) is 16.6. The summed E-state index contributed by atoms with van der Waals surface area (Å²) < 4.78 is 1.94. The molecule has 1 unspecified atom stereocenters. The number of hydrogen-bond acceptors (Lipinski definition) is 5. The number of carbonyl (C=O) groups is 2. The number of urea groups is 1. The Morgan fingerprint density at radius 2 is 1.80 bits per heavy atom. The number of aryl methyl sites for hydroxylation is 1. The van der Waals surface area contributed by atoms with Gasteiger partial charge in [-0.15, -0.1) is 10.2 Å². The number of rotatable bonds is 5. The van der Waals surface area contributed by atoms with Crippen LogP contribution in [0.4, 0.5) is 4.79 Å². The minimum absolute atomic E-state index is 0.349. The first-order valence-electron chi connectivity index (χ1n) is 9.55. The molecule has 1 atom stereocenters. The molecule has 2 N–H and O–H groups in total. The maximum atomic E-state index is 12.5. The summed E-state index contributed by atoms with van der Waals surface area (Å²) in [5.74, 6) is -0.390. The second-order valence-electron chi connectivity index (χ2n) is 6.94. The summed E-state index contributed by atoms with van der Waals surface area (Å²) in [5, 5.41) is 14.8. The van der Waals surface area contributed by atoms with Gasteiger partial charge in [0.15, 0.2) is 10.8 Å². The Hall–Kier alpha value is -3.39. The molecule has 152 valence electrons. The van der Waals surface area contributed by atoms with E-state index < -0.39 is 17.2 Å². The highest BCUT2D eigenvalue weighted by atomic mass is 32.2. The van der Waals surface area contributed by atoms with E-state index in [2.05, 4.69) is 20.8 Å². The molecule has 0 radical (unpaired) electrons. The van der Waals surface area contributed by atoms with Crippen LogP contribution in [0.2, 0.25) is 0 Å². The lowest BCUT2D eigenvalue weighted by Gasteiger charge is -2.12. The second kappa shape index (κ2) is 8.54. The average Bonchev–Trinajstić information content (AvgIpc) is 3.15. The van der Waals surface area contributed by atoms with E-state index in [1.807, 2.05) is 72.0 Å². The van der Waals surface area contributed by atoms with Crippen molar-refractivity contribution in [3.8, 4) is 0 Å². The predicted molar refractivity (Wildman–Crippen MR) is 117 cm³/mol. The van der Waals surface area contributed by atoms with Gasteiger partial charge in [-0.2, -0.15) is 0 Å². The van der Waals surface area contributed by atoms with Crippen LogP contribution in [0.3, 0.4) is 0 Å². The lowest BCUT2D eigenvalue weighted by Crippen LogP contribution is -2.42. The molecule has 2 aromatic carbocycles. The first kappa shape index (κ1) is 19.9. The maximum Gasteiger partial charge on any atom is 0.321 e. The largest absolute Gasteiger partial charge is 0.334 e. The topological polar surface area (TPSA) is 88.4 Å². The highest BCUT2D eigenvalue weighted by Gasteiger charge is 2.21. The Morgan fingerprint density at radius 1 is 1.07 bits per heavy atom. The Labute approximate surface area is 177 Å². The van der Waals surface area contributed by atoms with Crippen LogP contribution in [0, 0.1) is 6.92 Å². The monoisotopic (exact) mass is 419 g/mol. The van der Waals surface area contributed by atoms with Crippen LogP contribution in [0.1, 0.15) is 18.1 Å². The Balaban J connectivity index is 1.45. The molecule has 8 heteroatoms. The predicted octanol–water partition coefficient (Wildman–Crippen LogP) is 3.70. The molecule has 0 aliphatic carbocycles. The molecule has 2 heterocycles. The molecule has 7 nitrogen and oxygen atoms in total. The van der Waals surface area contributed by atoms with Crippen LogP contribution in [-0.2, 0) is 11.3 Å². The Kier molecular flexibility index (Phi) is 5.67. The van der Waals surface area contributed by atoms with E-state index in [4.69, 9.17) is 0 Å². The van der Waals surface area contributed by atoms with Crippen molar-refractivity contribution in [3.05, 3.63) is 71.8 Å². The number of nitrogens with one attached hydrogen (secondary N) is 2. The minimum atomic E-state index is -0.528. The van der Waals surface area contributed by atoms with Gasteiger partial charge in [-0.05, 0) is 37.1 Å². The van der Waals surface area contributed by atoms with Gasteiger partial charge in [0.25, 0.3) is 0 Å². The van der Waals surface area contributed by atoms with E-state index in [9.17, 15) is 9.59 Å². The third-order valence-corrected chi connectivity index (χ3v) is 5.80. The van der Waals surface area contributed by atoms with E-state index in [1.54, 1.807) is 6.92 Å². The molecule has 4 rings (SSSR count). The van der Waals surface area contributed by atoms with Crippen molar-refractivity contribution in [2.45, 2.75) is 30.8 Å². The first-order chi connectivity index (χ1) is 14.5. The van der Waals surface area contributed by atoms with E-state index >= 15 is 0 Å². The maximum absolute atomic E-state index is 12.5. The molecule has 0 aliphatic heterocycles. The number of nitrogens with zero attached hydrogens (tertiary/aromatic N) is 3. The summed E-state index contributed by atoms with van der Waals surface area (Å²) in [4.78, 5) is 24.6. The summed E-state index contributed by atoms with van der Waals surface area (Å²) >= 11 is 1.26. The molecule has 3 amide bonds. The summed E-state index contributed by atoms with van der Waals surface area (Å²) in [7, 11) is 0. The highest BCUT2D eigenvalue weighted by molar-refractivity contribution is 8.00. The Bertz CT molecular complexity index is 1220. The van der Waals surface area contributed by atoms with E-state index in [-0.39, 0.29) is 0 Å². The van der Waals surface area contributed by atoms with Crippen molar-refractivity contribution in [3.63, 3.8) is 0 Å². The van der Waals surface area contributed by atoms with Crippen LogP contribution in [0.25, 0.3) is 16.6 Å². The van der Waals surface area contributed by atoms with Crippen molar-refractivity contribution in [2.75, 3.05) is 0 Å². The number of pyridine rings is 1. The fraction of sp³-hybridized carbons (Fsp3) is 0.182. The number of imide groups is 1. The molecule has 4 aromatic rings. The van der Waals surface area contributed by atoms with Gasteiger partial charge in [0.05, 0.1) is 10.8 Å². The summed E-state index contributed by atoms with van der Waals surface area (Å²) in [5.41, 5.74) is 3.78. The van der Waals surface area contributed by atoms with E-state index in [0.29, 0.717) is 11.7 Å². The van der Waals surface area contributed by atoms with Crippen molar-refractivity contribution in [1.29, 1.82) is 0 Å². The van der Waals surface area contributed by atoms with Crippen LogP contribution in [0.5, 0.6) is 0 Å². The number of para-hydroxylation sites is 1. The van der Waals surface area contributed by atoms with Gasteiger partial charge < -0.3 is 5.32 Å².